The van der Waals surface area contributed by atoms with E-state index < -0.39 is 0 Å². The lowest BCUT2D eigenvalue weighted by atomic mass is 10.5. The van der Waals surface area contributed by atoms with Gasteiger partial charge in [0.25, 0.3) is 0 Å². The normalized spacial score (nSPS) is 21.6. The van der Waals surface area contributed by atoms with Crippen LogP contribution in [-0.4, -0.2) is 48.8 Å². The molecule has 1 fully saturated rings. The maximum absolute atomic E-state index is 4.28. The summed E-state index contributed by atoms with van der Waals surface area (Å²) in [5.41, 5.74) is 0. The van der Waals surface area contributed by atoms with Gasteiger partial charge < -0.3 is 0 Å². The van der Waals surface area contributed by atoms with E-state index in [1.54, 1.807) is 0 Å². The van der Waals surface area contributed by atoms with E-state index in [0.29, 0.717) is 4.58 Å². The summed E-state index contributed by atoms with van der Waals surface area (Å²) in [6, 6.07) is 0. The van der Waals surface area contributed by atoms with Crippen LogP contribution in [0.1, 0.15) is 0 Å². The first-order chi connectivity index (χ1) is 7.86. The van der Waals surface area contributed by atoms with Crippen molar-refractivity contribution in [2.24, 2.45) is 0 Å². The summed E-state index contributed by atoms with van der Waals surface area (Å²) < 4.78 is 0.668. The summed E-state index contributed by atoms with van der Waals surface area (Å²) in [6.45, 7) is 0. The van der Waals surface area contributed by atoms with Gasteiger partial charge in [0.1, 0.15) is 0 Å². The highest BCUT2D eigenvalue weighted by atomic mass is 32.2. The Morgan fingerprint density at radius 3 is 2.50 bits per heavy atom. The second kappa shape index (κ2) is 11.3. The highest BCUT2D eigenvalue weighted by Crippen LogP contribution is 2.31. The second-order valence-corrected chi connectivity index (χ2v) is 10.9. The highest BCUT2D eigenvalue weighted by molar-refractivity contribution is 8.24. The maximum Gasteiger partial charge on any atom is 0.0609 e. The minimum Gasteiger partial charge on any atom is -0.168 e. The van der Waals surface area contributed by atoms with Gasteiger partial charge in [-0.15, -0.1) is 23.5 Å². The first-order valence-electron chi connectivity index (χ1n) is 5.09. The van der Waals surface area contributed by atoms with Crippen molar-refractivity contribution in [2.45, 2.75) is 9.83 Å². The quantitative estimate of drug-likeness (QED) is 0.497. The molecule has 0 bridgehead atoms. The van der Waals surface area contributed by atoms with Crippen LogP contribution in [0, 0.1) is 0 Å². The molecule has 0 saturated carbocycles. The van der Waals surface area contributed by atoms with Gasteiger partial charge in [-0.05, 0) is 0 Å². The summed E-state index contributed by atoms with van der Waals surface area (Å²) in [7, 11) is 0. The van der Waals surface area contributed by atoms with Crippen LogP contribution in [0.3, 0.4) is 0 Å². The molecule has 0 amide bonds. The second-order valence-electron chi connectivity index (χ2n) is 3.13. The Labute approximate surface area is 132 Å². The number of thioether (sulfide) groups is 5. The van der Waals surface area contributed by atoms with Crippen LogP contribution in [0.5, 0.6) is 0 Å². The Morgan fingerprint density at radius 2 is 1.94 bits per heavy atom. The van der Waals surface area contributed by atoms with Crippen LogP contribution in [0.4, 0.5) is 0 Å². The molecule has 0 aliphatic carbocycles. The Morgan fingerprint density at radius 1 is 1.19 bits per heavy atom. The van der Waals surface area contributed by atoms with Crippen LogP contribution in [0.15, 0.2) is 0 Å². The van der Waals surface area contributed by atoms with Crippen molar-refractivity contribution in [1.82, 2.24) is 0 Å². The molecule has 0 aromatic heterocycles. The first-order valence-corrected chi connectivity index (χ1v) is 11.8. The molecule has 7 heteroatoms. The molecular formula is C9H18S7. The topological polar surface area (TPSA) is 0 Å². The standard InChI is InChI=1S/C9H18S7/c10-6-15-9(16-7-11)5-13-4-8-3-12-1-2-14-8/h8-11H,1-7H2. The molecule has 0 spiro atoms. The van der Waals surface area contributed by atoms with Crippen molar-refractivity contribution >= 4 is 84.1 Å². The summed E-state index contributed by atoms with van der Waals surface area (Å²) in [6.07, 6.45) is 0. The molecule has 1 heterocycles. The van der Waals surface area contributed by atoms with Gasteiger partial charge in [-0.3, -0.25) is 0 Å². The third kappa shape index (κ3) is 7.79. The molecule has 0 aromatic rings. The van der Waals surface area contributed by atoms with Crippen molar-refractivity contribution in [3.8, 4) is 0 Å². The third-order valence-electron chi connectivity index (χ3n) is 1.96. The predicted molar refractivity (Wildman–Crippen MR) is 97.6 cm³/mol. The Bertz CT molecular complexity index is 154. The van der Waals surface area contributed by atoms with Crippen LogP contribution in [0.2, 0.25) is 0 Å². The lowest BCUT2D eigenvalue weighted by molar-refractivity contribution is 1.13. The lowest BCUT2D eigenvalue weighted by Crippen LogP contribution is -2.17. The minimum absolute atomic E-state index is 0.668. The van der Waals surface area contributed by atoms with Crippen molar-refractivity contribution in [3.05, 3.63) is 0 Å². The largest absolute Gasteiger partial charge is 0.168 e. The molecule has 1 aliphatic rings. The lowest BCUT2D eigenvalue weighted by Gasteiger charge is -2.21. The smallest absolute Gasteiger partial charge is 0.0609 e. The fourth-order valence-electron chi connectivity index (χ4n) is 1.24. The van der Waals surface area contributed by atoms with E-state index in [4.69, 9.17) is 0 Å². The van der Waals surface area contributed by atoms with Crippen molar-refractivity contribution < 1.29 is 0 Å². The molecule has 1 aliphatic heterocycles. The predicted octanol–water partition coefficient (Wildman–Crippen LogP) is 4.14. The van der Waals surface area contributed by atoms with Crippen molar-refractivity contribution in [1.29, 1.82) is 0 Å². The molecule has 1 saturated heterocycles. The molecular weight excluding hydrogens is 333 g/mol. The molecule has 16 heavy (non-hydrogen) atoms. The zero-order valence-corrected chi connectivity index (χ0v) is 14.9. The molecule has 96 valence electrons. The maximum atomic E-state index is 4.28. The first kappa shape index (κ1) is 16.5. The fraction of sp³-hybridized carbons (Fsp3) is 1.00. The van der Waals surface area contributed by atoms with Crippen LogP contribution >= 0.6 is 84.1 Å². The summed E-state index contributed by atoms with van der Waals surface area (Å²) in [5, 5.41) is 2.71. The zero-order valence-electron chi connectivity index (χ0n) is 9.04. The summed E-state index contributed by atoms with van der Waals surface area (Å²) in [4.78, 5) is 0. The molecule has 0 radical (unpaired) electrons. The Hall–Kier alpha value is 2.45. The monoisotopic (exact) mass is 350 g/mol. The van der Waals surface area contributed by atoms with E-state index in [9.17, 15) is 0 Å². The van der Waals surface area contributed by atoms with Gasteiger partial charge in [0, 0.05) is 44.2 Å². The van der Waals surface area contributed by atoms with E-state index in [0.717, 1.165) is 15.4 Å². The number of hydrogen-bond acceptors (Lipinski definition) is 7. The van der Waals surface area contributed by atoms with Crippen LogP contribution in [0.25, 0.3) is 0 Å². The number of rotatable bonds is 8. The molecule has 1 rings (SSSR count). The van der Waals surface area contributed by atoms with Crippen molar-refractivity contribution in [3.63, 3.8) is 0 Å². The van der Waals surface area contributed by atoms with E-state index in [-0.39, 0.29) is 0 Å². The zero-order chi connectivity index (χ0) is 11.6. The van der Waals surface area contributed by atoms with Gasteiger partial charge in [0.15, 0.2) is 0 Å². The molecule has 0 aromatic carbocycles. The van der Waals surface area contributed by atoms with Crippen LogP contribution in [-0.2, 0) is 0 Å². The molecule has 0 N–H and O–H groups in total. The van der Waals surface area contributed by atoms with Gasteiger partial charge >= 0.3 is 0 Å². The number of thiol groups is 2. The average Bonchev–Trinajstić information content (AvgIpc) is 2.31. The van der Waals surface area contributed by atoms with E-state index in [2.05, 4.69) is 60.5 Å². The fourth-order valence-corrected chi connectivity index (χ4v) is 9.34. The van der Waals surface area contributed by atoms with E-state index in [1.807, 2.05) is 23.5 Å². The minimum atomic E-state index is 0.668. The van der Waals surface area contributed by atoms with Gasteiger partial charge in [-0.2, -0.15) is 60.5 Å². The molecule has 0 nitrogen and oxygen atoms in total. The number of hydrogen-bond donors (Lipinski definition) is 2. The molecule has 1 unspecified atom stereocenters. The Kier molecular flexibility index (Phi) is 11.6. The molecule has 1 atom stereocenters. The van der Waals surface area contributed by atoms with E-state index >= 15 is 0 Å². The van der Waals surface area contributed by atoms with Gasteiger partial charge in [0.2, 0.25) is 0 Å². The summed E-state index contributed by atoms with van der Waals surface area (Å²) in [5.74, 6) is 6.59. The van der Waals surface area contributed by atoms with Gasteiger partial charge in [0.05, 0.1) is 4.58 Å². The van der Waals surface area contributed by atoms with Gasteiger partial charge in [-0.1, -0.05) is 0 Å². The highest BCUT2D eigenvalue weighted by Gasteiger charge is 2.15. The SMILES string of the molecule is SCSC(CSCC1CSCCS1)SCS. The van der Waals surface area contributed by atoms with Crippen LogP contribution < -0.4 is 0 Å². The van der Waals surface area contributed by atoms with Crippen molar-refractivity contribution in [2.75, 3.05) is 38.9 Å². The average molecular weight is 351 g/mol. The van der Waals surface area contributed by atoms with Gasteiger partial charge in [-0.25, -0.2) is 0 Å². The Balaban J connectivity index is 2.06. The van der Waals surface area contributed by atoms with E-state index in [1.165, 1.54) is 28.8 Å². The third-order valence-corrected chi connectivity index (χ3v) is 9.73. The summed E-state index contributed by atoms with van der Waals surface area (Å²) >= 11 is 18.8.